The van der Waals surface area contributed by atoms with Gasteiger partial charge in [0.2, 0.25) is 0 Å². The molecule has 66 heavy (non-hydrogen) atoms. The molecule has 310 valence electrons. The van der Waals surface area contributed by atoms with Crippen molar-refractivity contribution >= 4 is 27.8 Å². The van der Waals surface area contributed by atoms with Gasteiger partial charge >= 0.3 is 0 Å². The van der Waals surface area contributed by atoms with Crippen molar-refractivity contribution in [3.8, 4) is 55.6 Å². The Labute approximate surface area is 387 Å². The van der Waals surface area contributed by atoms with Crippen LogP contribution in [0.3, 0.4) is 0 Å². The third-order valence-electron chi connectivity index (χ3n) is 13.5. The summed E-state index contributed by atoms with van der Waals surface area (Å²) in [4.78, 5) is 2.49. The van der Waals surface area contributed by atoms with Gasteiger partial charge in [-0.2, -0.15) is 0 Å². The Kier molecular flexibility index (Phi) is 9.81. The van der Waals surface area contributed by atoms with Crippen LogP contribution in [0.4, 0.5) is 17.1 Å². The van der Waals surface area contributed by atoms with Gasteiger partial charge in [-0.25, -0.2) is 0 Å². The van der Waals surface area contributed by atoms with Crippen LogP contribution in [0.1, 0.15) is 22.3 Å². The minimum atomic E-state index is -0.525. The third-order valence-corrected chi connectivity index (χ3v) is 13.5. The van der Waals surface area contributed by atoms with Gasteiger partial charge in [-0.3, -0.25) is 0 Å². The van der Waals surface area contributed by atoms with Gasteiger partial charge in [0, 0.05) is 16.9 Å². The highest BCUT2D eigenvalue weighted by atomic mass is 15.1. The lowest BCUT2D eigenvalue weighted by atomic mass is 9.68. The van der Waals surface area contributed by atoms with Crippen LogP contribution in [0.15, 0.2) is 273 Å². The fourth-order valence-electron chi connectivity index (χ4n) is 10.6. The first-order chi connectivity index (χ1) is 32.7. The molecule has 0 aliphatic heterocycles. The van der Waals surface area contributed by atoms with E-state index < -0.39 is 5.41 Å². The molecule has 0 radical (unpaired) electrons. The van der Waals surface area contributed by atoms with E-state index in [1.807, 2.05) is 0 Å². The Morgan fingerprint density at radius 1 is 0.273 bits per heavy atom. The van der Waals surface area contributed by atoms with Gasteiger partial charge in [0.05, 0.1) is 11.1 Å². The fraction of sp³-hybridized carbons (Fsp3) is 0.0154. The van der Waals surface area contributed by atoms with E-state index in [0.29, 0.717) is 0 Å². The molecule has 0 unspecified atom stereocenters. The molecule has 0 saturated carbocycles. The van der Waals surface area contributed by atoms with Gasteiger partial charge < -0.3 is 4.90 Å². The molecule has 12 rings (SSSR count). The molecule has 1 aliphatic carbocycles. The zero-order valence-corrected chi connectivity index (χ0v) is 36.4. The van der Waals surface area contributed by atoms with E-state index in [1.165, 1.54) is 77.5 Å². The molecule has 0 aromatic heterocycles. The Balaban J connectivity index is 1.06. The molecule has 0 fully saturated rings. The molecule has 11 aromatic carbocycles. The molecular weight excluding hydrogens is 795 g/mol. The number of rotatable bonds is 9. The van der Waals surface area contributed by atoms with Crippen LogP contribution >= 0.6 is 0 Å². The molecule has 0 saturated heterocycles. The molecule has 0 spiro atoms. The topological polar surface area (TPSA) is 3.24 Å². The average Bonchev–Trinajstić information content (AvgIpc) is 3.71. The Hall–Kier alpha value is -8.52. The number of hydrogen-bond acceptors (Lipinski definition) is 1. The lowest BCUT2D eigenvalue weighted by molar-refractivity contribution is 0.768. The van der Waals surface area contributed by atoms with Gasteiger partial charge in [-0.15, -0.1) is 0 Å². The largest absolute Gasteiger partial charge is 0.310 e. The Morgan fingerprint density at radius 2 is 0.712 bits per heavy atom. The molecule has 1 nitrogen and oxygen atoms in total. The summed E-state index contributed by atoms with van der Waals surface area (Å²) in [5.74, 6) is 0. The highest BCUT2D eigenvalue weighted by molar-refractivity contribution is 5.99. The molecule has 1 heteroatoms. The molecular formula is C65H45N. The molecule has 0 heterocycles. The maximum absolute atomic E-state index is 2.49. The quantitative estimate of drug-likeness (QED) is 0.140. The minimum absolute atomic E-state index is 0.525. The highest BCUT2D eigenvalue weighted by Crippen LogP contribution is 2.59. The standard InChI is InChI=1S/C65H45N/c1-4-19-46(20-5-1)47-39-41-48(42-40-47)51-24-15-31-56(44-51)66(57-32-16-25-52(45-57)50-23-14-26-53(43-50)59-35-17-22-49-21-10-11-33-58(49)59)63-38-18-37-62-64(63)60-34-12-13-36-61(60)65(62,54-27-6-2-7-28-54)55-29-8-3-9-30-55/h1-45H. The van der Waals surface area contributed by atoms with Crippen molar-refractivity contribution in [2.75, 3.05) is 4.90 Å². The second-order valence-electron chi connectivity index (χ2n) is 17.2. The summed E-state index contributed by atoms with van der Waals surface area (Å²) in [6.07, 6.45) is 0. The zero-order chi connectivity index (χ0) is 43.9. The molecule has 11 aromatic rings. The maximum atomic E-state index is 2.49. The maximum Gasteiger partial charge on any atom is 0.0714 e. The summed E-state index contributed by atoms with van der Waals surface area (Å²) in [5.41, 5.74) is 19.8. The van der Waals surface area contributed by atoms with Crippen molar-refractivity contribution in [3.63, 3.8) is 0 Å². The summed E-state index contributed by atoms with van der Waals surface area (Å²) in [6, 6.07) is 100. The smallest absolute Gasteiger partial charge is 0.0714 e. The van der Waals surface area contributed by atoms with E-state index in [4.69, 9.17) is 0 Å². The first-order valence-electron chi connectivity index (χ1n) is 22.8. The SMILES string of the molecule is c1ccc(-c2ccc(-c3cccc(N(c4cccc(-c5cccc(-c6cccc7ccccc67)c5)c4)c4cccc5c4-c4ccccc4C5(c4ccccc4)c4ccccc4)c3)cc2)cc1. The molecule has 0 atom stereocenters. The first-order valence-corrected chi connectivity index (χ1v) is 22.8. The Morgan fingerprint density at radius 3 is 1.41 bits per heavy atom. The lowest BCUT2D eigenvalue weighted by Crippen LogP contribution is -2.28. The molecule has 0 N–H and O–H groups in total. The van der Waals surface area contributed by atoms with Crippen molar-refractivity contribution in [3.05, 3.63) is 295 Å². The summed E-state index contributed by atoms with van der Waals surface area (Å²) in [5, 5.41) is 2.50. The average molecular weight is 840 g/mol. The van der Waals surface area contributed by atoms with Gasteiger partial charge in [0.15, 0.2) is 0 Å². The van der Waals surface area contributed by atoms with Gasteiger partial charge in [0.25, 0.3) is 0 Å². The normalized spacial score (nSPS) is 12.4. The highest BCUT2D eigenvalue weighted by Gasteiger charge is 2.47. The molecule has 1 aliphatic rings. The van der Waals surface area contributed by atoms with Crippen LogP contribution < -0.4 is 4.90 Å². The second kappa shape index (κ2) is 16.6. The zero-order valence-electron chi connectivity index (χ0n) is 36.4. The predicted octanol–water partition coefficient (Wildman–Crippen LogP) is 17.3. The van der Waals surface area contributed by atoms with E-state index in [1.54, 1.807) is 0 Å². The van der Waals surface area contributed by atoms with E-state index in [-0.39, 0.29) is 0 Å². The third kappa shape index (κ3) is 6.64. The fourth-order valence-corrected chi connectivity index (χ4v) is 10.6. The van der Waals surface area contributed by atoms with Crippen molar-refractivity contribution in [2.45, 2.75) is 5.41 Å². The van der Waals surface area contributed by atoms with Crippen LogP contribution in [0.25, 0.3) is 66.4 Å². The van der Waals surface area contributed by atoms with Crippen molar-refractivity contribution in [2.24, 2.45) is 0 Å². The lowest BCUT2D eigenvalue weighted by Gasteiger charge is -2.34. The molecule has 0 amide bonds. The second-order valence-corrected chi connectivity index (χ2v) is 17.2. The van der Waals surface area contributed by atoms with E-state index in [9.17, 15) is 0 Å². The van der Waals surface area contributed by atoms with Crippen molar-refractivity contribution in [1.29, 1.82) is 0 Å². The molecule has 0 bridgehead atoms. The number of anilines is 3. The van der Waals surface area contributed by atoms with Crippen molar-refractivity contribution < 1.29 is 0 Å². The summed E-state index contributed by atoms with van der Waals surface area (Å²) in [6.45, 7) is 0. The number of benzene rings is 11. The summed E-state index contributed by atoms with van der Waals surface area (Å²) < 4.78 is 0. The predicted molar refractivity (Wildman–Crippen MR) is 278 cm³/mol. The summed E-state index contributed by atoms with van der Waals surface area (Å²) >= 11 is 0. The monoisotopic (exact) mass is 839 g/mol. The van der Waals surface area contributed by atoms with Crippen molar-refractivity contribution in [1.82, 2.24) is 0 Å². The van der Waals surface area contributed by atoms with E-state index in [0.717, 1.165) is 28.2 Å². The van der Waals surface area contributed by atoms with Crippen LogP contribution in [0.2, 0.25) is 0 Å². The van der Waals surface area contributed by atoms with Crippen LogP contribution in [-0.2, 0) is 5.41 Å². The first kappa shape index (κ1) is 39.1. The van der Waals surface area contributed by atoms with Crippen LogP contribution in [0.5, 0.6) is 0 Å². The van der Waals surface area contributed by atoms with Crippen LogP contribution in [-0.4, -0.2) is 0 Å². The van der Waals surface area contributed by atoms with Gasteiger partial charge in [-0.1, -0.05) is 237 Å². The minimum Gasteiger partial charge on any atom is -0.310 e. The van der Waals surface area contributed by atoms with E-state index >= 15 is 0 Å². The number of hydrogen-bond donors (Lipinski definition) is 0. The van der Waals surface area contributed by atoms with Gasteiger partial charge in [-0.05, 0) is 119 Å². The van der Waals surface area contributed by atoms with E-state index in [2.05, 4.69) is 278 Å². The number of nitrogens with zero attached hydrogens (tertiary/aromatic N) is 1. The summed E-state index contributed by atoms with van der Waals surface area (Å²) in [7, 11) is 0. The number of fused-ring (bicyclic) bond motifs is 4. The van der Waals surface area contributed by atoms with Gasteiger partial charge in [0.1, 0.15) is 0 Å². The Bertz CT molecular complexity index is 3470. The van der Waals surface area contributed by atoms with Crippen LogP contribution in [0, 0.1) is 0 Å².